The SMILES string of the molecule is CCOc1c(Br)cc(/C=C/C(=O)c2ccc(N3CCOCC3)cc2)cc1OC. The van der Waals surface area contributed by atoms with Crippen LogP contribution in [-0.4, -0.2) is 45.8 Å². The number of anilines is 1. The van der Waals surface area contributed by atoms with Crippen molar-refractivity contribution in [1.29, 1.82) is 0 Å². The van der Waals surface area contributed by atoms with Gasteiger partial charge in [0.2, 0.25) is 0 Å². The first-order valence-corrected chi connectivity index (χ1v) is 10.1. The summed E-state index contributed by atoms with van der Waals surface area (Å²) in [4.78, 5) is 14.8. The van der Waals surface area contributed by atoms with Crippen molar-refractivity contribution in [2.45, 2.75) is 6.92 Å². The van der Waals surface area contributed by atoms with E-state index >= 15 is 0 Å². The fraction of sp³-hybridized carbons (Fsp3) is 0.318. The second-order valence-corrected chi connectivity index (χ2v) is 7.17. The van der Waals surface area contributed by atoms with Crippen LogP contribution in [0.15, 0.2) is 46.9 Å². The summed E-state index contributed by atoms with van der Waals surface area (Å²) >= 11 is 3.50. The molecule has 1 heterocycles. The molecule has 148 valence electrons. The largest absolute Gasteiger partial charge is 0.493 e. The molecule has 5 nitrogen and oxygen atoms in total. The summed E-state index contributed by atoms with van der Waals surface area (Å²) in [7, 11) is 1.60. The lowest BCUT2D eigenvalue weighted by atomic mass is 10.1. The topological polar surface area (TPSA) is 48.0 Å². The molecule has 3 rings (SSSR count). The molecule has 0 bridgehead atoms. The number of halogens is 1. The second-order valence-electron chi connectivity index (χ2n) is 6.31. The molecule has 1 saturated heterocycles. The number of allylic oxidation sites excluding steroid dienone is 1. The van der Waals surface area contributed by atoms with Gasteiger partial charge in [0.25, 0.3) is 0 Å². The van der Waals surface area contributed by atoms with Crippen molar-refractivity contribution in [3.63, 3.8) is 0 Å². The second kappa shape index (κ2) is 9.75. The molecule has 1 aliphatic heterocycles. The number of nitrogens with zero attached hydrogens (tertiary/aromatic N) is 1. The maximum absolute atomic E-state index is 12.5. The van der Waals surface area contributed by atoms with E-state index in [2.05, 4.69) is 20.8 Å². The van der Waals surface area contributed by atoms with E-state index in [1.54, 1.807) is 19.3 Å². The van der Waals surface area contributed by atoms with Gasteiger partial charge in [-0.1, -0.05) is 6.08 Å². The third kappa shape index (κ3) is 4.94. The molecular weight excluding hydrogens is 422 g/mol. The molecule has 0 radical (unpaired) electrons. The van der Waals surface area contributed by atoms with Gasteiger partial charge in [-0.25, -0.2) is 0 Å². The lowest BCUT2D eigenvalue weighted by Crippen LogP contribution is -2.36. The lowest BCUT2D eigenvalue weighted by molar-refractivity contribution is 0.104. The highest BCUT2D eigenvalue weighted by Gasteiger charge is 2.12. The van der Waals surface area contributed by atoms with Crippen LogP contribution >= 0.6 is 15.9 Å². The summed E-state index contributed by atoms with van der Waals surface area (Å²) in [6.45, 7) is 5.70. The van der Waals surface area contributed by atoms with E-state index in [1.165, 1.54) is 0 Å². The monoisotopic (exact) mass is 445 g/mol. The van der Waals surface area contributed by atoms with Crippen molar-refractivity contribution in [3.8, 4) is 11.5 Å². The van der Waals surface area contributed by atoms with Gasteiger partial charge in [0.15, 0.2) is 17.3 Å². The van der Waals surface area contributed by atoms with E-state index < -0.39 is 0 Å². The van der Waals surface area contributed by atoms with Crippen molar-refractivity contribution in [1.82, 2.24) is 0 Å². The molecule has 0 aliphatic carbocycles. The molecule has 28 heavy (non-hydrogen) atoms. The molecule has 6 heteroatoms. The van der Waals surface area contributed by atoms with Crippen LogP contribution in [0.1, 0.15) is 22.8 Å². The molecule has 0 aromatic heterocycles. The van der Waals surface area contributed by atoms with Crippen LogP contribution in [-0.2, 0) is 4.74 Å². The third-order valence-corrected chi connectivity index (χ3v) is 5.08. The number of ether oxygens (including phenoxy) is 3. The summed E-state index contributed by atoms with van der Waals surface area (Å²) in [6.07, 6.45) is 3.35. The van der Waals surface area contributed by atoms with E-state index in [0.717, 1.165) is 42.0 Å². The first-order chi connectivity index (χ1) is 13.6. The highest BCUT2D eigenvalue weighted by atomic mass is 79.9. The first-order valence-electron chi connectivity index (χ1n) is 9.28. The minimum Gasteiger partial charge on any atom is -0.493 e. The highest BCUT2D eigenvalue weighted by molar-refractivity contribution is 9.10. The Kier molecular flexibility index (Phi) is 7.12. The van der Waals surface area contributed by atoms with Crippen molar-refractivity contribution in [2.24, 2.45) is 0 Å². The minimum absolute atomic E-state index is 0.0440. The number of carbonyl (C=O) groups excluding carboxylic acids is 1. The zero-order valence-electron chi connectivity index (χ0n) is 16.1. The molecule has 0 atom stereocenters. The molecular formula is C22H24BrNO4. The number of morpholine rings is 1. The zero-order valence-corrected chi connectivity index (χ0v) is 17.7. The van der Waals surface area contributed by atoms with Crippen LogP contribution in [0.4, 0.5) is 5.69 Å². The summed E-state index contributed by atoms with van der Waals surface area (Å²) in [5.41, 5.74) is 2.62. The van der Waals surface area contributed by atoms with Gasteiger partial charge in [0.1, 0.15) is 0 Å². The number of ketones is 1. The Hall–Kier alpha value is -2.31. The molecule has 2 aromatic carbocycles. The Morgan fingerprint density at radius 1 is 1.21 bits per heavy atom. The van der Waals surface area contributed by atoms with Crippen molar-refractivity contribution >= 4 is 33.5 Å². The zero-order chi connectivity index (χ0) is 19.9. The van der Waals surface area contributed by atoms with Crippen LogP contribution in [0.3, 0.4) is 0 Å². The third-order valence-electron chi connectivity index (χ3n) is 4.50. The molecule has 0 spiro atoms. The van der Waals surface area contributed by atoms with E-state index in [1.807, 2.05) is 43.3 Å². The maximum Gasteiger partial charge on any atom is 0.185 e. The van der Waals surface area contributed by atoms with Gasteiger partial charge < -0.3 is 19.1 Å². The predicted molar refractivity (Wildman–Crippen MR) is 115 cm³/mol. The molecule has 0 N–H and O–H groups in total. The van der Waals surface area contributed by atoms with Gasteiger partial charge in [-0.05, 0) is 70.9 Å². The van der Waals surface area contributed by atoms with Crippen molar-refractivity contribution in [2.75, 3.05) is 44.9 Å². The van der Waals surface area contributed by atoms with Gasteiger partial charge in [-0.15, -0.1) is 0 Å². The minimum atomic E-state index is -0.0440. The van der Waals surface area contributed by atoms with Gasteiger partial charge >= 0.3 is 0 Å². The fourth-order valence-electron chi connectivity index (χ4n) is 3.05. The van der Waals surface area contributed by atoms with Crippen molar-refractivity contribution in [3.05, 3.63) is 58.1 Å². The molecule has 0 unspecified atom stereocenters. The lowest BCUT2D eigenvalue weighted by Gasteiger charge is -2.28. The maximum atomic E-state index is 12.5. The number of rotatable bonds is 7. The smallest absolute Gasteiger partial charge is 0.185 e. The van der Waals surface area contributed by atoms with Crippen LogP contribution in [0.5, 0.6) is 11.5 Å². The number of methoxy groups -OCH3 is 1. The highest BCUT2D eigenvalue weighted by Crippen LogP contribution is 2.37. The van der Waals surface area contributed by atoms with E-state index in [4.69, 9.17) is 14.2 Å². The summed E-state index contributed by atoms with van der Waals surface area (Å²) in [5.74, 6) is 1.24. The Morgan fingerprint density at radius 2 is 1.93 bits per heavy atom. The molecule has 1 fully saturated rings. The van der Waals surface area contributed by atoms with Crippen LogP contribution in [0.2, 0.25) is 0 Å². The number of hydrogen-bond donors (Lipinski definition) is 0. The number of carbonyl (C=O) groups is 1. The Labute approximate surface area is 174 Å². The molecule has 0 saturated carbocycles. The Bertz CT molecular complexity index is 842. The summed E-state index contributed by atoms with van der Waals surface area (Å²) in [5, 5.41) is 0. The summed E-state index contributed by atoms with van der Waals surface area (Å²) in [6, 6.07) is 11.5. The summed E-state index contributed by atoms with van der Waals surface area (Å²) < 4.78 is 17.2. The van der Waals surface area contributed by atoms with Gasteiger partial charge in [-0.2, -0.15) is 0 Å². The van der Waals surface area contributed by atoms with E-state index in [-0.39, 0.29) is 5.78 Å². The average molecular weight is 446 g/mol. The molecule has 2 aromatic rings. The van der Waals surface area contributed by atoms with Crippen LogP contribution in [0, 0.1) is 0 Å². The number of benzene rings is 2. The van der Waals surface area contributed by atoms with Gasteiger partial charge in [0, 0.05) is 24.3 Å². The Balaban J connectivity index is 1.71. The van der Waals surface area contributed by atoms with Crippen LogP contribution < -0.4 is 14.4 Å². The first kappa shape index (κ1) is 20.4. The normalized spacial score (nSPS) is 14.3. The van der Waals surface area contributed by atoms with Crippen LogP contribution in [0.25, 0.3) is 6.08 Å². The molecule has 1 aliphatic rings. The predicted octanol–water partition coefficient (Wildman–Crippen LogP) is 4.59. The molecule has 0 amide bonds. The average Bonchev–Trinajstić information content (AvgIpc) is 2.74. The fourth-order valence-corrected chi connectivity index (χ4v) is 3.62. The van der Waals surface area contributed by atoms with Gasteiger partial charge in [0.05, 0.1) is 31.4 Å². The van der Waals surface area contributed by atoms with E-state index in [9.17, 15) is 4.79 Å². The van der Waals surface area contributed by atoms with Crippen molar-refractivity contribution < 1.29 is 19.0 Å². The quantitative estimate of drug-likeness (QED) is 0.460. The Morgan fingerprint density at radius 3 is 2.57 bits per heavy atom. The van der Waals surface area contributed by atoms with Gasteiger partial charge in [-0.3, -0.25) is 4.79 Å². The standard InChI is InChI=1S/C22H24BrNO4/c1-3-28-22-19(23)14-16(15-21(22)26-2)4-9-20(25)17-5-7-18(8-6-17)24-10-12-27-13-11-24/h4-9,14-15H,3,10-13H2,1-2H3/b9-4+. The number of hydrogen-bond acceptors (Lipinski definition) is 5. The van der Waals surface area contributed by atoms with E-state index in [0.29, 0.717) is 23.7 Å².